The van der Waals surface area contributed by atoms with Crippen LogP contribution in [0.2, 0.25) is 4.34 Å². The van der Waals surface area contributed by atoms with Crippen LogP contribution in [0.4, 0.5) is 11.4 Å². The Labute approximate surface area is 208 Å². The van der Waals surface area contributed by atoms with Crippen LogP contribution in [0.25, 0.3) is 0 Å². The van der Waals surface area contributed by atoms with Gasteiger partial charge in [-0.15, -0.1) is 11.3 Å². The highest BCUT2D eigenvalue weighted by molar-refractivity contribution is 7.18. The molecule has 0 spiro atoms. The summed E-state index contributed by atoms with van der Waals surface area (Å²) in [6.45, 7) is 7.00. The minimum absolute atomic E-state index is 0.0958. The number of halogens is 1. The molecule has 1 aromatic heterocycles. The van der Waals surface area contributed by atoms with Crippen LogP contribution in [-0.4, -0.2) is 30.8 Å². The number of carbonyl (C=O) groups is 3. The molecule has 1 aliphatic rings. The lowest BCUT2D eigenvalue weighted by Gasteiger charge is -2.16. The normalized spacial score (nSPS) is 12.1. The average molecular weight is 499 g/mol. The molecule has 2 amide bonds. The molecule has 0 aliphatic carbocycles. The van der Waals surface area contributed by atoms with Crippen LogP contribution < -0.4 is 10.2 Å². The van der Waals surface area contributed by atoms with E-state index >= 15 is 0 Å². The lowest BCUT2D eigenvalue weighted by molar-refractivity contribution is -0.121. The molecule has 4 rings (SSSR count). The number of thiophene rings is 1. The van der Waals surface area contributed by atoms with Crippen LogP contribution >= 0.6 is 22.9 Å². The van der Waals surface area contributed by atoms with Crippen molar-refractivity contribution in [1.82, 2.24) is 0 Å². The topological polar surface area (TPSA) is 75.7 Å². The number of carbonyl (C=O) groups excluding carboxylic acids is 3. The molecule has 0 radical (unpaired) electrons. The number of anilines is 2. The molecular weight excluding hydrogens is 472 g/mol. The Kier molecular flexibility index (Phi) is 8.98. The number of hydrogen-bond acceptors (Lipinski definition) is 5. The highest BCUT2D eigenvalue weighted by atomic mass is 35.5. The van der Waals surface area contributed by atoms with Crippen LogP contribution in [0.5, 0.6) is 0 Å². The van der Waals surface area contributed by atoms with Crippen LogP contribution in [0, 0.1) is 6.92 Å². The van der Waals surface area contributed by atoms with E-state index in [1.165, 1.54) is 18.3 Å². The zero-order chi connectivity index (χ0) is 24.7. The second-order valence-electron chi connectivity index (χ2n) is 7.88. The van der Waals surface area contributed by atoms with E-state index in [0.717, 1.165) is 23.2 Å². The van der Waals surface area contributed by atoms with Crippen molar-refractivity contribution in [2.45, 2.75) is 33.7 Å². The number of ether oxygens (including phenoxy) is 1. The number of ketones is 1. The van der Waals surface area contributed by atoms with E-state index in [0.29, 0.717) is 33.6 Å². The summed E-state index contributed by atoms with van der Waals surface area (Å²) in [5.41, 5.74) is 3.96. The number of benzene rings is 2. The van der Waals surface area contributed by atoms with E-state index in [2.05, 4.69) is 5.32 Å². The maximum Gasteiger partial charge on any atom is 0.265 e. The molecule has 8 heteroatoms. The summed E-state index contributed by atoms with van der Waals surface area (Å²) in [5, 5.41) is 2.85. The maximum absolute atomic E-state index is 13.0. The average Bonchev–Trinajstić information content (AvgIpc) is 3.39. The minimum Gasteiger partial charge on any atom is -0.374 e. The first-order chi connectivity index (χ1) is 16.3. The second kappa shape index (κ2) is 11.9. The molecular formula is C26H27ClN2O4S. The minimum atomic E-state index is -0.267. The summed E-state index contributed by atoms with van der Waals surface area (Å²) >= 11 is 7.11. The molecule has 3 aromatic rings. The molecule has 178 valence electrons. The summed E-state index contributed by atoms with van der Waals surface area (Å²) < 4.78 is 5.45. The monoisotopic (exact) mass is 498 g/mol. The lowest BCUT2D eigenvalue weighted by atomic mass is 10.1. The fourth-order valence-corrected chi connectivity index (χ4v) is 4.32. The molecule has 0 fully saturated rings. The molecule has 0 saturated carbocycles. The fourth-order valence-electron chi connectivity index (χ4n) is 3.38. The summed E-state index contributed by atoms with van der Waals surface area (Å²) in [4.78, 5) is 37.8. The predicted molar refractivity (Wildman–Crippen MR) is 137 cm³/mol. The third kappa shape index (κ3) is 6.53. The third-order valence-corrected chi connectivity index (χ3v) is 6.21. The van der Waals surface area contributed by atoms with Gasteiger partial charge in [0.2, 0.25) is 0 Å². The smallest absolute Gasteiger partial charge is 0.265 e. The molecule has 2 heterocycles. The summed E-state index contributed by atoms with van der Waals surface area (Å²) in [7, 11) is 0. The quantitative estimate of drug-likeness (QED) is 0.398. The number of Topliss-reactive ketones (excluding diaryl/α,β-unsaturated/α-hetero) is 1. The molecule has 0 bridgehead atoms. The van der Waals surface area contributed by atoms with Gasteiger partial charge in [0.1, 0.15) is 6.61 Å². The number of rotatable bonds is 7. The number of nitrogens with zero attached hydrogens (tertiary/aromatic N) is 1. The van der Waals surface area contributed by atoms with Crippen molar-refractivity contribution < 1.29 is 19.1 Å². The molecule has 0 atom stereocenters. The first-order valence-electron chi connectivity index (χ1n) is 10.9. The largest absolute Gasteiger partial charge is 0.374 e. The van der Waals surface area contributed by atoms with Crippen molar-refractivity contribution in [3.8, 4) is 0 Å². The number of nitrogens with one attached hydrogen (secondary N) is 1. The SMILES string of the molecule is CCCOCC(C)=O.Cc1ccc(N2Cc3cccc(NC(=O)c4ccc(Cl)s4)c3C2=O)cc1. The predicted octanol–water partition coefficient (Wildman–Crippen LogP) is 6.12. The van der Waals surface area contributed by atoms with Crippen LogP contribution in [-0.2, 0) is 16.1 Å². The highest BCUT2D eigenvalue weighted by Crippen LogP contribution is 2.33. The molecule has 0 saturated heterocycles. The van der Waals surface area contributed by atoms with E-state index in [-0.39, 0.29) is 24.2 Å². The van der Waals surface area contributed by atoms with E-state index in [1.54, 1.807) is 23.1 Å². The summed E-state index contributed by atoms with van der Waals surface area (Å²) in [6.07, 6.45) is 0.979. The van der Waals surface area contributed by atoms with Gasteiger partial charge in [0.25, 0.3) is 11.8 Å². The Morgan fingerprint density at radius 2 is 1.85 bits per heavy atom. The Bertz CT molecular complexity index is 1170. The van der Waals surface area contributed by atoms with E-state index in [4.69, 9.17) is 16.3 Å². The number of fused-ring (bicyclic) bond motifs is 1. The van der Waals surface area contributed by atoms with Crippen molar-refractivity contribution in [1.29, 1.82) is 0 Å². The molecule has 1 N–H and O–H groups in total. The first-order valence-corrected chi connectivity index (χ1v) is 12.1. The zero-order valence-electron chi connectivity index (χ0n) is 19.4. The molecule has 6 nitrogen and oxygen atoms in total. The molecule has 0 unspecified atom stereocenters. The van der Waals surface area contributed by atoms with Crippen molar-refractivity contribution in [2.24, 2.45) is 0 Å². The van der Waals surface area contributed by atoms with Gasteiger partial charge in [-0.05, 0) is 56.2 Å². The molecule has 1 aliphatic heterocycles. The number of aryl methyl sites for hydroxylation is 1. The van der Waals surface area contributed by atoms with Crippen LogP contribution in [0.15, 0.2) is 54.6 Å². The number of amides is 2. The van der Waals surface area contributed by atoms with Gasteiger partial charge < -0.3 is 15.0 Å². The van der Waals surface area contributed by atoms with Crippen molar-refractivity contribution in [2.75, 3.05) is 23.4 Å². The standard InChI is InChI=1S/C20H15ClN2O2S.C6H12O2/c1-12-5-7-14(8-6-12)23-11-13-3-2-4-15(18(13)20(23)25)22-19(24)16-9-10-17(21)26-16;1-3-4-8-5-6(2)7/h2-10H,11H2,1H3,(H,22,24);3-5H2,1-2H3. The van der Waals surface area contributed by atoms with Gasteiger partial charge in [-0.2, -0.15) is 0 Å². The first kappa shape index (κ1) is 25.6. The van der Waals surface area contributed by atoms with E-state index < -0.39 is 0 Å². The van der Waals surface area contributed by atoms with Gasteiger partial charge >= 0.3 is 0 Å². The molecule has 34 heavy (non-hydrogen) atoms. The van der Waals surface area contributed by atoms with Gasteiger partial charge in [-0.1, -0.05) is 48.4 Å². The second-order valence-corrected chi connectivity index (χ2v) is 9.59. The van der Waals surface area contributed by atoms with Gasteiger partial charge in [0, 0.05) is 12.3 Å². The Morgan fingerprint density at radius 1 is 1.12 bits per heavy atom. The van der Waals surface area contributed by atoms with Gasteiger partial charge in [0.15, 0.2) is 5.78 Å². The Hall–Kier alpha value is -3.00. The summed E-state index contributed by atoms with van der Waals surface area (Å²) in [6, 6.07) is 16.7. The van der Waals surface area contributed by atoms with Gasteiger partial charge in [-0.3, -0.25) is 14.4 Å². The van der Waals surface area contributed by atoms with Gasteiger partial charge in [-0.25, -0.2) is 0 Å². The van der Waals surface area contributed by atoms with E-state index in [9.17, 15) is 14.4 Å². The lowest BCUT2D eigenvalue weighted by Crippen LogP contribution is -2.23. The maximum atomic E-state index is 13.0. The highest BCUT2D eigenvalue weighted by Gasteiger charge is 2.31. The Morgan fingerprint density at radius 3 is 2.47 bits per heavy atom. The van der Waals surface area contributed by atoms with Crippen LogP contribution in [0.1, 0.15) is 51.4 Å². The van der Waals surface area contributed by atoms with Crippen LogP contribution in [0.3, 0.4) is 0 Å². The van der Waals surface area contributed by atoms with Crippen molar-refractivity contribution >= 4 is 51.9 Å². The fraction of sp³-hybridized carbons (Fsp3) is 0.269. The summed E-state index contributed by atoms with van der Waals surface area (Å²) in [5.74, 6) is -0.278. The molecule has 2 aromatic carbocycles. The van der Waals surface area contributed by atoms with E-state index in [1.807, 2.05) is 50.2 Å². The van der Waals surface area contributed by atoms with Crippen molar-refractivity contribution in [3.05, 3.63) is 80.5 Å². The van der Waals surface area contributed by atoms with Crippen molar-refractivity contribution in [3.63, 3.8) is 0 Å². The van der Waals surface area contributed by atoms with Gasteiger partial charge in [0.05, 0.1) is 27.0 Å². The number of hydrogen-bond donors (Lipinski definition) is 1. The Balaban J connectivity index is 0.000000350. The zero-order valence-corrected chi connectivity index (χ0v) is 21.0. The third-order valence-electron chi connectivity index (χ3n) is 4.98.